The van der Waals surface area contributed by atoms with Gasteiger partial charge in [0.2, 0.25) is 0 Å². The molecule has 0 saturated carbocycles. The summed E-state index contributed by atoms with van der Waals surface area (Å²) in [5, 5.41) is 0. The third-order valence-corrected chi connectivity index (χ3v) is 2.48. The molecule has 4 heteroatoms. The van der Waals surface area contributed by atoms with Crippen LogP contribution in [0, 0.1) is 0 Å². The Morgan fingerprint density at radius 1 is 1.60 bits per heavy atom. The van der Waals surface area contributed by atoms with Crippen LogP contribution < -0.4 is 0 Å². The number of carbonyl (C=O) groups is 1. The van der Waals surface area contributed by atoms with Gasteiger partial charge in [0.25, 0.3) is 0 Å². The SMILES string of the molecule is CCC(Br)C(=O)C=C(Br)Br. The highest BCUT2D eigenvalue weighted by Gasteiger charge is 2.08. The summed E-state index contributed by atoms with van der Waals surface area (Å²) in [4.78, 5) is 10.9. The molecule has 0 aliphatic rings. The van der Waals surface area contributed by atoms with Crippen LogP contribution in [-0.4, -0.2) is 10.6 Å². The normalized spacial score (nSPS) is 12.4. The van der Waals surface area contributed by atoms with Gasteiger partial charge < -0.3 is 0 Å². The summed E-state index contributed by atoms with van der Waals surface area (Å²) in [6, 6.07) is 0. The number of halogens is 3. The molecule has 0 spiro atoms. The maximum atomic E-state index is 11.0. The molecule has 1 atom stereocenters. The average Bonchev–Trinajstić information content (AvgIpc) is 1.85. The van der Waals surface area contributed by atoms with Crippen molar-refractivity contribution in [1.29, 1.82) is 0 Å². The maximum absolute atomic E-state index is 11.0. The first-order chi connectivity index (χ1) is 4.57. The third-order valence-electron chi connectivity index (χ3n) is 0.919. The standard InChI is InChI=1S/C6H7Br3O/c1-2-4(7)5(10)3-6(8)9/h3-4H,2H2,1H3. The summed E-state index contributed by atoms with van der Waals surface area (Å²) in [6.07, 6.45) is 2.31. The summed E-state index contributed by atoms with van der Waals surface area (Å²) in [5.74, 6) is 0.0752. The van der Waals surface area contributed by atoms with E-state index in [1.54, 1.807) is 0 Å². The van der Waals surface area contributed by atoms with Crippen LogP contribution in [0.1, 0.15) is 13.3 Å². The van der Waals surface area contributed by atoms with E-state index in [9.17, 15) is 4.79 Å². The van der Waals surface area contributed by atoms with Gasteiger partial charge in [0.15, 0.2) is 5.78 Å². The molecule has 0 bridgehead atoms. The summed E-state index contributed by atoms with van der Waals surface area (Å²) in [6.45, 7) is 1.95. The molecular formula is C6H7Br3O. The number of alkyl halides is 1. The van der Waals surface area contributed by atoms with E-state index in [1.165, 1.54) is 6.08 Å². The first-order valence-electron chi connectivity index (χ1n) is 2.78. The fourth-order valence-electron chi connectivity index (χ4n) is 0.399. The quantitative estimate of drug-likeness (QED) is 0.571. The maximum Gasteiger partial charge on any atom is 0.170 e. The van der Waals surface area contributed by atoms with Crippen LogP contribution in [0.2, 0.25) is 0 Å². The van der Waals surface area contributed by atoms with Gasteiger partial charge in [-0.1, -0.05) is 22.9 Å². The van der Waals surface area contributed by atoms with E-state index in [0.29, 0.717) is 3.39 Å². The number of hydrogen-bond donors (Lipinski definition) is 0. The zero-order chi connectivity index (χ0) is 8.15. The molecule has 0 amide bonds. The number of allylic oxidation sites excluding steroid dienone is 1. The zero-order valence-electron chi connectivity index (χ0n) is 5.40. The second-order valence-corrected chi connectivity index (χ2v) is 5.59. The second kappa shape index (κ2) is 5.49. The van der Waals surface area contributed by atoms with Crippen molar-refractivity contribution in [2.45, 2.75) is 18.2 Å². The summed E-state index contributed by atoms with van der Waals surface area (Å²) in [7, 11) is 0. The number of carbonyl (C=O) groups excluding carboxylic acids is 1. The van der Waals surface area contributed by atoms with Crippen molar-refractivity contribution >= 4 is 53.6 Å². The molecule has 0 saturated heterocycles. The molecule has 0 heterocycles. The van der Waals surface area contributed by atoms with Gasteiger partial charge in [-0.2, -0.15) is 0 Å². The highest BCUT2D eigenvalue weighted by molar-refractivity contribution is 9.28. The van der Waals surface area contributed by atoms with Gasteiger partial charge in [0.05, 0.1) is 8.22 Å². The molecule has 0 radical (unpaired) electrons. The number of hydrogen-bond acceptors (Lipinski definition) is 1. The van der Waals surface area contributed by atoms with Gasteiger partial charge in [-0.15, -0.1) is 0 Å². The van der Waals surface area contributed by atoms with E-state index in [2.05, 4.69) is 47.8 Å². The minimum absolute atomic E-state index is 0.0578. The first kappa shape index (κ1) is 10.8. The molecule has 0 aliphatic carbocycles. The lowest BCUT2D eigenvalue weighted by Gasteiger charge is -1.98. The van der Waals surface area contributed by atoms with Crippen molar-refractivity contribution in [2.24, 2.45) is 0 Å². The van der Waals surface area contributed by atoms with Gasteiger partial charge in [-0.3, -0.25) is 4.79 Å². The summed E-state index contributed by atoms with van der Waals surface area (Å²) >= 11 is 9.45. The molecule has 0 rings (SSSR count). The fourth-order valence-corrected chi connectivity index (χ4v) is 0.983. The van der Waals surface area contributed by atoms with Crippen LogP contribution in [-0.2, 0) is 4.79 Å². The average molecular weight is 335 g/mol. The summed E-state index contributed by atoms with van der Waals surface area (Å²) in [5.41, 5.74) is 0. The molecule has 1 unspecified atom stereocenters. The van der Waals surface area contributed by atoms with Gasteiger partial charge >= 0.3 is 0 Å². The Labute approximate surface area is 85.6 Å². The zero-order valence-corrected chi connectivity index (χ0v) is 10.2. The van der Waals surface area contributed by atoms with Crippen LogP contribution >= 0.6 is 47.8 Å². The van der Waals surface area contributed by atoms with Gasteiger partial charge in [0, 0.05) is 6.08 Å². The monoisotopic (exact) mass is 332 g/mol. The van der Waals surface area contributed by atoms with Crippen molar-refractivity contribution in [2.75, 3.05) is 0 Å². The smallest absolute Gasteiger partial charge is 0.170 e. The van der Waals surface area contributed by atoms with Crippen LogP contribution in [0.5, 0.6) is 0 Å². The molecule has 0 aromatic heterocycles. The van der Waals surface area contributed by atoms with E-state index in [1.807, 2.05) is 6.92 Å². The minimum atomic E-state index is -0.0578. The molecule has 0 aromatic rings. The number of ketones is 1. The largest absolute Gasteiger partial charge is 0.294 e. The lowest BCUT2D eigenvalue weighted by molar-refractivity contribution is -0.114. The minimum Gasteiger partial charge on any atom is -0.294 e. The van der Waals surface area contributed by atoms with E-state index >= 15 is 0 Å². The van der Waals surface area contributed by atoms with Crippen molar-refractivity contribution in [3.05, 3.63) is 9.47 Å². The second-order valence-electron chi connectivity index (χ2n) is 1.71. The Hall–Kier alpha value is 0.850. The molecule has 0 aromatic carbocycles. The lowest BCUT2D eigenvalue weighted by Crippen LogP contribution is -2.08. The van der Waals surface area contributed by atoms with E-state index in [0.717, 1.165) is 6.42 Å². The highest BCUT2D eigenvalue weighted by atomic mass is 79.9. The Morgan fingerprint density at radius 3 is 2.40 bits per heavy atom. The predicted octanol–water partition coefficient (Wildman–Crippen LogP) is 3.36. The topological polar surface area (TPSA) is 17.1 Å². The Bertz CT molecular complexity index is 149. The van der Waals surface area contributed by atoms with E-state index in [4.69, 9.17) is 0 Å². The first-order valence-corrected chi connectivity index (χ1v) is 5.28. The van der Waals surface area contributed by atoms with E-state index in [-0.39, 0.29) is 10.6 Å². The molecule has 0 aliphatic heterocycles. The van der Waals surface area contributed by atoms with Crippen molar-refractivity contribution in [1.82, 2.24) is 0 Å². The molecule has 10 heavy (non-hydrogen) atoms. The Kier molecular flexibility index (Phi) is 5.96. The Morgan fingerprint density at radius 2 is 2.10 bits per heavy atom. The molecule has 1 nitrogen and oxygen atoms in total. The molecule has 58 valence electrons. The van der Waals surface area contributed by atoms with Gasteiger partial charge in [0.1, 0.15) is 0 Å². The highest BCUT2D eigenvalue weighted by Crippen LogP contribution is 2.15. The van der Waals surface area contributed by atoms with Crippen LogP contribution in [0.3, 0.4) is 0 Å². The number of rotatable bonds is 3. The van der Waals surface area contributed by atoms with Crippen molar-refractivity contribution < 1.29 is 4.79 Å². The molecule has 0 N–H and O–H groups in total. The molecule has 0 fully saturated rings. The van der Waals surface area contributed by atoms with E-state index < -0.39 is 0 Å². The predicted molar refractivity (Wildman–Crippen MR) is 54.0 cm³/mol. The Balaban J connectivity index is 3.97. The van der Waals surface area contributed by atoms with Crippen LogP contribution in [0.25, 0.3) is 0 Å². The summed E-state index contributed by atoms with van der Waals surface area (Å²) < 4.78 is 0.683. The van der Waals surface area contributed by atoms with Crippen molar-refractivity contribution in [3.8, 4) is 0 Å². The fraction of sp³-hybridized carbons (Fsp3) is 0.500. The van der Waals surface area contributed by atoms with Gasteiger partial charge in [-0.05, 0) is 38.3 Å². The third kappa shape index (κ3) is 4.63. The van der Waals surface area contributed by atoms with Crippen LogP contribution in [0.4, 0.5) is 0 Å². The van der Waals surface area contributed by atoms with Gasteiger partial charge in [-0.25, -0.2) is 0 Å². The molecular weight excluding hydrogens is 328 g/mol. The lowest BCUT2D eigenvalue weighted by atomic mass is 10.2. The van der Waals surface area contributed by atoms with Crippen molar-refractivity contribution in [3.63, 3.8) is 0 Å². The van der Waals surface area contributed by atoms with Crippen LogP contribution in [0.15, 0.2) is 9.47 Å².